The number of allylic oxidation sites excluding steroid dienone is 3. The number of nitriles is 1. The Morgan fingerprint density at radius 2 is 2.64 bits per heavy atom. The normalized spacial score (nSPS) is 13.9. The first-order valence-corrected chi connectivity index (χ1v) is 3.50. The summed E-state index contributed by atoms with van der Waals surface area (Å²) >= 11 is 0. The number of nitrogens with one attached hydrogen (secondary N) is 1. The molecule has 0 aromatic rings. The highest BCUT2D eigenvalue weighted by atomic mass is 14.9. The third kappa shape index (κ3) is 2.30. The largest absolute Gasteiger partial charge is 0.383 e. The zero-order valence-corrected chi connectivity index (χ0v) is 6.30. The Morgan fingerprint density at radius 3 is 3.18 bits per heavy atom. The lowest BCUT2D eigenvalue weighted by atomic mass is 10.3. The minimum absolute atomic E-state index is 0.560. The third-order valence-corrected chi connectivity index (χ3v) is 1.46. The highest BCUT2D eigenvalue weighted by Crippen LogP contribution is 2.06. The molecule has 0 aromatic carbocycles. The summed E-state index contributed by atoms with van der Waals surface area (Å²) in [6.45, 7) is 4.12. The maximum atomic E-state index is 8.38. The van der Waals surface area contributed by atoms with E-state index in [1.54, 1.807) is 0 Å². The summed E-state index contributed by atoms with van der Waals surface area (Å²) < 4.78 is 0. The molecule has 1 aliphatic rings. The maximum absolute atomic E-state index is 8.38. The molecule has 0 radical (unpaired) electrons. The van der Waals surface area contributed by atoms with E-state index in [0.29, 0.717) is 12.1 Å². The molecule has 2 heteroatoms. The van der Waals surface area contributed by atoms with Crippen molar-refractivity contribution in [2.75, 3.05) is 6.54 Å². The van der Waals surface area contributed by atoms with E-state index in [4.69, 9.17) is 5.26 Å². The molecular formula is C9H10N2. The fourth-order valence-corrected chi connectivity index (χ4v) is 0.838. The van der Waals surface area contributed by atoms with Crippen LogP contribution in [0.25, 0.3) is 0 Å². The Labute approximate surface area is 66.5 Å². The van der Waals surface area contributed by atoms with Crippen LogP contribution in [0.5, 0.6) is 0 Å². The average molecular weight is 146 g/mol. The summed E-state index contributed by atoms with van der Waals surface area (Å²) in [5, 5.41) is 11.5. The fourth-order valence-electron chi connectivity index (χ4n) is 0.838. The van der Waals surface area contributed by atoms with Gasteiger partial charge >= 0.3 is 0 Å². The van der Waals surface area contributed by atoms with Crippen molar-refractivity contribution in [3.63, 3.8) is 0 Å². The molecule has 0 bridgehead atoms. The van der Waals surface area contributed by atoms with Crippen molar-refractivity contribution in [1.29, 1.82) is 5.26 Å². The lowest BCUT2D eigenvalue weighted by molar-refractivity contribution is 0.864. The van der Waals surface area contributed by atoms with Gasteiger partial charge in [0.1, 0.15) is 0 Å². The first-order valence-electron chi connectivity index (χ1n) is 3.50. The first kappa shape index (κ1) is 7.62. The van der Waals surface area contributed by atoms with Crippen LogP contribution in [0.1, 0.15) is 6.42 Å². The standard InChI is InChI=1S/C9H10N2/c1-8(6-10)7-11-9-4-2-3-5-9/h2-4,11H,1,5,7H2. The Morgan fingerprint density at radius 1 is 1.82 bits per heavy atom. The van der Waals surface area contributed by atoms with Gasteiger partial charge in [0.05, 0.1) is 6.07 Å². The Hall–Kier alpha value is -1.49. The van der Waals surface area contributed by atoms with E-state index in [-0.39, 0.29) is 0 Å². The SMILES string of the molecule is C=C(C#N)CNC1=CC=CC1. The second-order valence-corrected chi connectivity index (χ2v) is 2.39. The predicted molar refractivity (Wildman–Crippen MR) is 44.6 cm³/mol. The van der Waals surface area contributed by atoms with Crippen LogP contribution >= 0.6 is 0 Å². The average Bonchev–Trinajstić information content (AvgIpc) is 2.52. The molecular weight excluding hydrogens is 136 g/mol. The van der Waals surface area contributed by atoms with Gasteiger partial charge in [0.25, 0.3) is 0 Å². The number of rotatable bonds is 3. The van der Waals surface area contributed by atoms with Gasteiger partial charge in [-0.3, -0.25) is 0 Å². The monoisotopic (exact) mass is 146 g/mol. The molecule has 2 nitrogen and oxygen atoms in total. The van der Waals surface area contributed by atoms with Gasteiger partial charge in [-0.05, 0) is 6.08 Å². The number of nitrogens with zero attached hydrogens (tertiary/aromatic N) is 1. The summed E-state index contributed by atoms with van der Waals surface area (Å²) in [5.74, 6) is 0. The zero-order chi connectivity index (χ0) is 8.10. The van der Waals surface area contributed by atoms with E-state index in [1.807, 2.05) is 18.2 Å². The molecule has 0 saturated heterocycles. The molecule has 56 valence electrons. The van der Waals surface area contributed by atoms with Gasteiger partial charge in [-0.25, -0.2) is 0 Å². The minimum atomic E-state index is 0.560. The van der Waals surface area contributed by atoms with Crippen LogP contribution in [0.3, 0.4) is 0 Å². The molecule has 0 atom stereocenters. The van der Waals surface area contributed by atoms with E-state index in [9.17, 15) is 0 Å². The van der Waals surface area contributed by atoms with E-state index >= 15 is 0 Å². The number of hydrogen-bond donors (Lipinski definition) is 1. The van der Waals surface area contributed by atoms with E-state index in [0.717, 1.165) is 12.1 Å². The number of hydrogen-bond acceptors (Lipinski definition) is 2. The van der Waals surface area contributed by atoms with Crippen molar-refractivity contribution in [2.45, 2.75) is 6.42 Å². The highest BCUT2D eigenvalue weighted by Gasteiger charge is 1.97. The van der Waals surface area contributed by atoms with Gasteiger partial charge in [-0.2, -0.15) is 5.26 Å². The molecule has 0 aromatic heterocycles. The summed E-state index contributed by atoms with van der Waals surface area (Å²) in [7, 11) is 0. The van der Waals surface area contributed by atoms with Gasteiger partial charge in [-0.1, -0.05) is 18.7 Å². The van der Waals surface area contributed by atoms with E-state index in [2.05, 4.69) is 18.0 Å². The Balaban J connectivity index is 2.24. The second kappa shape index (κ2) is 3.62. The quantitative estimate of drug-likeness (QED) is 0.612. The predicted octanol–water partition coefficient (Wildman–Crippen LogP) is 1.50. The van der Waals surface area contributed by atoms with Crippen molar-refractivity contribution in [2.24, 2.45) is 0 Å². The van der Waals surface area contributed by atoms with Gasteiger partial charge in [0, 0.05) is 24.2 Å². The van der Waals surface area contributed by atoms with Crippen molar-refractivity contribution < 1.29 is 0 Å². The summed E-state index contributed by atoms with van der Waals surface area (Å²) in [6, 6.07) is 1.98. The van der Waals surface area contributed by atoms with Crippen LogP contribution in [0.4, 0.5) is 0 Å². The molecule has 0 fully saturated rings. The lowest BCUT2D eigenvalue weighted by Gasteiger charge is -2.03. The molecule has 0 unspecified atom stereocenters. The van der Waals surface area contributed by atoms with Crippen LogP contribution in [0.15, 0.2) is 36.1 Å². The molecule has 1 aliphatic carbocycles. The second-order valence-electron chi connectivity index (χ2n) is 2.39. The fraction of sp³-hybridized carbons (Fsp3) is 0.222. The summed E-state index contributed by atoms with van der Waals surface area (Å²) in [5.41, 5.74) is 1.72. The Bertz CT molecular complexity index is 253. The molecule has 1 rings (SSSR count). The van der Waals surface area contributed by atoms with Gasteiger partial charge in [0.15, 0.2) is 0 Å². The van der Waals surface area contributed by atoms with Gasteiger partial charge in [-0.15, -0.1) is 0 Å². The topological polar surface area (TPSA) is 35.8 Å². The minimum Gasteiger partial charge on any atom is -0.383 e. The van der Waals surface area contributed by atoms with Crippen LogP contribution < -0.4 is 5.32 Å². The Kier molecular flexibility index (Phi) is 2.51. The van der Waals surface area contributed by atoms with Gasteiger partial charge < -0.3 is 5.32 Å². The van der Waals surface area contributed by atoms with Crippen LogP contribution in [-0.2, 0) is 0 Å². The van der Waals surface area contributed by atoms with Crippen LogP contribution in [-0.4, -0.2) is 6.54 Å². The smallest absolute Gasteiger partial charge is 0.0959 e. The van der Waals surface area contributed by atoms with Crippen molar-refractivity contribution in [3.05, 3.63) is 36.1 Å². The molecule has 0 amide bonds. The summed E-state index contributed by atoms with van der Waals surface area (Å²) in [4.78, 5) is 0. The van der Waals surface area contributed by atoms with Crippen LogP contribution in [0, 0.1) is 11.3 Å². The molecule has 1 N–H and O–H groups in total. The molecule has 0 spiro atoms. The van der Waals surface area contributed by atoms with Crippen LogP contribution in [0.2, 0.25) is 0 Å². The highest BCUT2D eigenvalue weighted by molar-refractivity contribution is 5.24. The first-order chi connectivity index (χ1) is 5.33. The summed E-state index contributed by atoms with van der Waals surface area (Å²) in [6.07, 6.45) is 7.01. The van der Waals surface area contributed by atoms with E-state index in [1.165, 1.54) is 0 Å². The molecule has 11 heavy (non-hydrogen) atoms. The third-order valence-electron chi connectivity index (χ3n) is 1.46. The zero-order valence-electron chi connectivity index (χ0n) is 6.30. The molecule has 0 saturated carbocycles. The molecule has 0 aliphatic heterocycles. The van der Waals surface area contributed by atoms with E-state index < -0.39 is 0 Å². The molecule has 0 heterocycles. The van der Waals surface area contributed by atoms with Crippen molar-refractivity contribution >= 4 is 0 Å². The van der Waals surface area contributed by atoms with Gasteiger partial charge in [0.2, 0.25) is 0 Å². The lowest BCUT2D eigenvalue weighted by Crippen LogP contribution is -2.14. The van der Waals surface area contributed by atoms with Crippen molar-refractivity contribution in [1.82, 2.24) is 5.32 Å². The van der Waals surface area contributed by atoms with Crippen molar-refractivity contribution in [3.8, 4) is 6.07 Å². The maximum Gasteiger partial charge on any atom is 0.0959 e.